The summed E-state index contributed by atoms with van der Waals surface area (Å²) >= 11 is 0. The number of aliphatic hydroxyl groups is 1. The molecule has 0 aliphatic rings. The van der Waals surface area contributed by atoms with Gasteiger partial charge in [0.2, 0.25) is 0 Å². The van der Waals surface area contributed by atoms with Crippen LogP contribution in [0.3, 0.4) is 0 Å². The van der Waals surface area contributed by atoms with Crippen molar-refractivity contribution in [1.82, 2.24) is 0 Å². The van der Waals surface area contributed by atoms with E-state index in [-0.39, 0.29) is 12.3 Å². The van der Waals surface area contributed by atoms with E-state index in [1.807, 2.05) is 13.0 Å². The molecule has 0 aromatic rings. The summed E-state index contributed by atoms with van der Waals surface area (Å²) in [5, 5.41) is 17.2. The molecule has 0 saturated carbocycles. The van der Waals surface area contributed by atoms with Crippen molar-refractivity contribution in [2.45, 2.75) is 32.8 Å². The molecule has 0 rings (SSSR count). The molecule has 0 aliphatic heterocycles. The number of rotatable bonds is 5. The maximum atomic E-state index is 10.2. The minimum Gasteiger partial charge on any atom is -0.481 e. The molecule has 0 saturated heterocycles. The molecule has 2 atom stereocenters. The average molecular weight is 172 g/mol. The lowest BCUT2D eigenvalue weighted by Gasteiger charge is -2.03. The Bertz CT molecular complexity index is 161. The molecule has 3 nitrogen and oxygen atoms in total. The third-order valence-electron chi connectivity index (χ3n) is 1.53. The van der Waals surface area contributed by atoms with E-state index in [1.54, 1.807) is 13.0 Å². The molecule has 12 heavy (non-hydrogen) atoms. The van der Waals surface area contributed by atoms with Gasteiger partial charge in [0.1, 0.15) is 0 Å². The van der Waals surface area contributed by atoms with Gasteiger partial charge >= 0.3 is 5.97 Å². The molecule has 0 spiro atoms. The maximum Gasteiger partial charge on any atom is 0.303 e. The summed E-state index contributed by atoms with van der Waals surface area (Å²) < 4.78 is 0. The highest BCUT2D eigenvalue weighted by molar-refractivity contribution is 5.66. The van der Waals surface area contributed by atoms with Gasteiger partial charge in [0, 0.05) is 6.42 Å². The maximum absolute atomic E-state index is 10.2. The Labute approximate surface area is 72.7 Å². The summed E-state index contributed by atoms with van der Waals surface area (Å²) in [5.41, 5.74) is 0. The standard InChI is InChI=1S/C9H16O3/c1-7(3-5-8(2)10)4-6-9(11)12/h3,5,7-8,10H,4,6H2,1-2H3,(H,11,12)/b5-3-/t7-,8?/m1/s1. The van der Waals surface area contributed by atoms with E-state index in [9.17, 15) is 4.79 Å². The molecule has 0 bridgehead atoms. The summed E-state index contributed by atoms with van der Waals surface area (Å²) in [6, 6.07) is 0. The first-order valence-corrected chi connectivity index (χ1v) is 4.10. The van der Waals surface area contributed by atoms with Crippen LogP contribution in [0.15, 0.2) is 12.2 Å². The van der Waals surface area contributed by atoms with Crippen LogP contribution in [0.4, 0.5) is 0 Å². The second kappa shape index (κ2) is 5.77. The first-order chi connectivity index (χ1) is 5.52. The molecule has 1 unspecified atom stereocenters. The van der Waals surface area contributed by atoms with Gasteiger partial charge in [-0.25, -0.2) is 0 Å². The van der Waals surface area contributed by atoms with Crippen LogP contribution in [-0.2, 0) is 4.79 Å². The Kier molecular flexibility index (Phi) is 5.37. The van der Waals surface area contributed by atoms with E-state index in [2.05, 4.69) is 0 Å². The van der Waals surface area contributed by atoms with Crippen molar-refractivity contribution in [3.63, 3.8) is 0 Å². The lowest BCUT2D eigenvalue weighted by atomic mass is 10.0. The third-order valence-corrected chi connectivity index (χ3v) is 1.53. The van der Waals surface area contributed by atoms with Crippen LogP contribution in [0.1, 0.15) is 26.7 Å². The van der Waals surface area contributed by atoms with Gasteiger partial charge in [-0.05, 0) is 19.3 Å². The fraction of sp³-hybridized carbons (Fsp3) is 0.667. The Balaban J connectivity index is 3.59. The van der Waals surface area contributed by atoms with E-state index in [0.717, 1.165) is 0 Å². The fourth-order valence-electron chi connectivity index (χ4n) is 0.798. The van der Waals surface area contributed by atoms with Crippen LogP contribution in [0.2, 0.25) is 0 Å². The van der Waals surface area contributed by atoms with Crippen LogP contribution in [-0.4, -0.2) is 22.3 Å². The van der Waals surface area contributed by atoms with Gasteiger partial charge in [-0.2, -0.15) is 0 Å². The summed E-state index contributed by atoms with van der Waals surface area (Å²) in [4.78, 5) is 10.2. The lowest BCUT2D eigenvalue weighted by Crippen LogP contribution is -2.00. The molecule has 0 aromatic carbocycles. The highest BCUT2D eigenvalue weighted by atomic mass is 16.4. The fourth-order valence-corrected chi connectivity index (χ4v) is 0.798. The van der Waals surface area contributed by atoms with Crippen molar-refractivity contribution in [3.05, 3.63) is 12.2 Å². The quantitative estimate of drug-likeness (QED) is 0.617. The molecule has 0 aromatic heterocycles. The van der Waals surface area contributed by atoms with E-state index < -0.39 is 12.1 Å². The molecule has 0 heterocycles. The molecular formula is C9H16O3. The van der Waals surface area contributed by atoms with Crippen molar-refractivity contribution in [3.8, 4) is 0 Å². The number of carboxylic acids is 1. The first-order valence-electron chi connectivity index (χ1n) is 4.10. The number of carbonyl (C=O) groups is 1. The predicted molar refractivity (Wildman–Crippen MR) is 46.9 cm³/mol. The highest BCUT2D eigenvalue weighted by Crippen LogP contribution is 2.07. The van der Waals surface area contributed by atoms with E-state index in [4.69, 9.17) is 10.2 Å². The monoisotopic (exact) mass is 172 g/mol. The molecule has 0 aliphatic carbocycles. The van der Waals surface area contributed by atoms with Crippen LogP contribution < -0.4 is 0 Å². The Morgan fingerprint density at radius 1 is 1.42 bits per heavy atom. The lowest BCUT2D eigenvalue weighted by molar-refractivity contribution is -0.137. The largest absolute Gasteiger partial charge is 0.481 e. The molecule has 0 fully saturated rings. The summed E-state index contributed by atoms with van der Waals surface area (Å²) in [6.07, 6.45) is 3.88. The molecule has 0 amide bonds. The van der Waals surface area contributed by atoms with E-state index >= 15 is 0 Å². The second-order valence-corrected chi connectivity index (χ2v) is 3.04. The highest BCUT2D eigenvalue weighted by Gasteiger charge is 2.01. The van der Waals surface area contributed by atoms with E-state index in [0.29, 0.717) is 6.42 Å². The number of allylic oxidation sites excluding steroid dienone is 1. The molecule has 0 radical (unpaired) electrons. The van der Waals surface area contributed by atoms with Gasteiger partial charge in [0.05, 0.1) is 6.10 Å². The minimum absolute atomic E-state index is 0.186. The SMILES string of the molecule is CC(O)/C=C\[C@@H](C)CCC(=O)O. The number of aliphatic hydroxyl groups excluding tert-OH is 1. The number of hydrogen-bond acceptors (Lipinski definition) is 2. The number of hydrogen-bond donors (Lipinski definition) is 2. The number of aliphatic carboxylic acids is 1. The van der Waals surface area contributed by atoms with Crippen LogP contribution in [0.25, 0.3) is 0 Å². The summed E-state index contributed by atoms with van der Waals surface area (Å²) in [7, 11) is 0. The van der Waals surface area contributed by atoms with Crippen molar-refractivity contribution < 1.29 is 15.0 Å². The van der Waals surface area contributed by atoms with Crippen molar-refractivity contribution in [2.24, 2.45) is 5.92 Å². The second-order valence-electron chi connectivity index (χ2n) is 3.04. The molecule has 2 N–H and O–H groups in total. The average Bonchev–Trinajstić information content (AvgIpc) is 1.96. The normalized spacial score (nSPS) is 16.2. The Hall–Kier alpha value is -0.830. The minimum atomic E-state index is -0.771. The van der Waals surface area contributed by atoms with Crippen LogP contribution >= 0.6 is 0 Å². The van der Waals surface area contributed by atoms with Crippen molar-refractivity contribution >= 4 is 5.97 Å². The van der Waals surface area contributed by atoms with Crippen LogP contribution in [0.5, 0.6) is 0 Å². The van der Waals surface area contributed by atoms with Gasteiger partial charge < -0.3 is 10.2 Å². The van der Waals surface area contributed by atoms with Crippen molar-refractivity contribution in [2.75, 3.05) is 0 Å². The van der Waals surface area contributed by atoms with E-state index in [1.165, 1.54) is 0 Å². The molecule has 70 valence electrons. The van der Waals surface area contributed by atoms with Gasteiger partial charge in [-0.3, -0.25) is 4.79 Å². The topological polar surface area (TPSA) is 57.5 Å². The first kappa shape index (κ1) is 11.2. The number of carboxylic acid groups (broad SMARTS) is 1. The predicted octanol–water partition coefficient (Wildman–Crippen LogP) is 1.42. The zero-order valence-corrected chi connectivity index (χ0v) is 7.53. The Morgan fingerprint density at radius 3 is 2.42 bits per heavy atom. The molecular weight excluding hydrogens is 156 g/mol. The molecule has 3 heteroatoms. The Morgan fingerprint density at radius 2 is 2.00 bits per heavy atom. The van der Waals surface area contributed by atoms with Gasteiger partial charge in [-0.15, -0.1) is 0 Å². The van der Waals surface area contributed by atoms with Crippen LogP contribution in [0, 0.1) is 5.92 Å². The van der Waals surface area contributed by atoms with Gasteiger partial charge in [-0.1, -0.05) is 19.1 Å². The summed E-state index contributed by atoms with van der Waals surface area (Å²) in [6.45, 7) is 3.60. The smallest absolute Gasteiger partial charge is 0.303 e. The summed E-state index contributed by atoms with van der Waals surface area (Å²) in [5.74, 6) is -0.553. The van der Waals surface area contributed by atoms with Crippen molar-refractivity contribution in [1.29, 1.82) is 0 Å². The van der Waals surface area contributed by atoms with Gasteiger partial charge in [0.15, 0.2) is 0 Å². The zero-order valence-electron chi connectivity index (χ0n) is 7.53. The van der Waals surface area contributed by atoms with Gasteiger partial charge in [0.25, 0.3) is 0 Å². The zero-order chi connectivity index (χ0) is 9.56. The third kappa shape index (κ3) is 7.28.